The molecule has 16 heavy (non-hydrogen) atoms. The van der Waals surface area contributed by atoms with Crippen LogP contribution in [-0.4, -0.2) is 11.8 Å². The van der Waals surface area contributed by atoms with Crippen LogP contribution in [0.2, 0.25) is 0 Å². The monoisotopic (exact) mass is 218 g/mol. The Balaban J connectivity index is 2.78. The average Bonchev–Trinajstić information content (AvgIpc) is 2.25. The second-order valence-electron chi connectivity index (χ2n) is 3.13. The van der Waals surface area contributed by atoms with Gasteiger partial charge >= 0.3 is 0 Å². The Bertz CT molecular complexity index is 452. The second kappa shape index (κ2) is 4.97. The van der Waals surface area contributed by atoms with E-state index in [1.165, 1.54) is 25.1 Å². The van der Waals surface area contributed by atoms with E-state index in [1.807, 2.05) is 5.43 Å². The van der Waals surface area contributed by atoms with Crippen molar-refractivity contribution in [2.24, 2.45) is 5.10 Å². The van der Waals surface area contributed by atoms with E-state index in [9.17, 15) is 15.0 Å². The van der Waals surface area contributed by atoms with Crippen LogP contribution in [0.1, 0.15) is 17.3 Å². The fraction of sp³-hybridized carbons (Fsp3) is 0.0909. The summed E-state index contributed by atoms with van der Waals surface area (Å²) in [7, 11) is 0. The first-order chi connectivity index (χ1) is 7.52. The van der Waals surface area contributed by atoms with Crippen molar-refractivity contribution in [3.8, 4) is 5.75 Å². The highest BCUT2D eigenvalue weighted by molar-refractivity contribution is 5.97. The molecule has 0 bridgehead atoms. The minimum atomic E-state index is -0.708. The Kier molecular flexibility index (Phi) is 3.66. The van der Waals surface area contributed by atoms with Gasteiger partial charge in [0.05, 0.1) is 0 Å². The lowest BCUT2D eigenvalue weighted by Gasteiger charge is -2.13. The molecule has 1 amide bonds. The number of hydrogen-bond acceptors (Lipinski definition) is 4. The Morgan fingerprint density at radius 2 is 2.06 bits per heavy atom. The smallest absolute Gasteiger partial charge is 0.270 e. The fourth-order valence-corrected chi connectivity index (χ4v) is 0.911. The quantitative estimate of drug-likeness (QED) is 0.430. The topological polar surface area (TPSA) is 87.6 Å². The van der Waals surface area contributed by atoms with Gasteiger partial charge in [-0.3, -0.25) is 4.79 Å². The summed E-state index contributed by atoms with van der Waals surface area (Å²) >= 11 is 0. The molecule has 5 heteroatoms. The summed E-state index contributed by atoms with van der Waals surface area (Å²) in [4.78, 5) is 11.4. The lowest BCUT2D eigenvalue weighted by atomic mass is 10.2. The minimum Gasteiger partial charge on any atom is -0.872 e. The standard InChI is InChI=1S/C11H12N2O3/c1-7(2)10(15)12-13-11(16)8-5-3-4-6-9(8)14/h3-6,14H,1H2,2H3,(H,12,15)(H,13,16)/p-2. The average molecular weight is 218 g/mol. The van der Waals surface area contributed by atoms with Crippen LogP contribution in [0.3, 0.4) is 0 Å². The van der Waals surface area contributed by atoms with Crippen molar-refractivity contribution < 1.29 is 15.0 Å². The molecule has 0 radical (unpaired) electrons. The largest absolute Gasteiger partial charge is 0.872 e. The van der Waals surface area contributed by atoms with E-state index >= 15 is 0 Å². The van der Waals surface area contributed by atoms with Crippen LogP contribution in [0, 0.1) is 0 Å². The summed E-state index contributed by atoms with van der Waals surface area (Å²) in [5.41, 5.74) is 2.15. The van der Waals surface area contributed by atoms with E-state index in [0.717, 1.165) is 0 Å². The maximum absolute atomic E-state index is 11.4. The minimum absolute atomic E-state index is 0.0548. The van der Waals surface area contributed by atoms with Crippen LogP contribution in [0.25, 0.3) is 0 Å². The summed E-state index contributed by atoms with van der Waals surface area (Å²) < 4.78 is 0. The lowest BCUT2D eigenvalue weighted by molar-refractivity contribution is -0.268. The Hall–Kier alpha value is -2.30. The molecule has 0 saturated carbocycles. The Labute approximate surface area is 92.7 Å². The van der Waals surface area contributed by atoms with Crippen molar-refractivity contribution in [1.82, 2.24) is 5.43 Å². The zero-order chi connectivity index (χ0) is 12.1. The third kappa shape index (κ3) is 2.84. The van der Waals surface area contributed by atoms with Crippen molar-refractivity contribution in [2.75, 3.05) is 0 Å². The first kappa shape index (κ1) is 11.8. The number of benzene rings is 1. The summed E-state index contributed by atoms with van der Waals surface area (Å²) in [6.45, 7) is 4.84. The molecule has 0 aliphatic carbocycles. The van der Waals surface area contributed by atoms with Crippen molar-refractivity contribution in [3.63, 3.8) is 0 Å². The van der Waals surface area contributed by atoms with Crippen LogP contribution in [0.5, 0.6) is 5.75 Å². The van der Waals surface area contributed by atoms with E-state index in [4.69, 9.17) is 0 Å². The number of rotatable bonds is 3. The summed E-state index contributed by atoms with van der Waals surface area (Å²) in [5.74, 6) is -1.75. The molecule has 5 nitrogen and oxygen atoms in total. The molecule has 0 spiro atoms. The number of hydrazone groups is 1. The number of para-hydroxylation sites is 1. The molecule has 0 saturated heterocycles. The van der Waals surface area contributed by atoms with E-state index in [2.05, 4.69) is 11.7 Å². The molecule has 0 heterocycles. The number of nitrogens with one attached hydrogen (secondary N) is 1. The predicted octanol–water partition coefficient (Wildman–Crippen LogP) is -0.260. The molecule has 0 unspecified atom stereocenters. The lowest BCUT2D eigenvalue weighted by Crippen LogP contribution is -2.26. The number of carbonyl (C=O) groups excluding carboxylic acids is 1. The van der Waals surface area contributed by atoms with Crippen LogP contribution in [0.4, 0.5) is 0 Å². The van der Waals surface area contributed by atoms with E-state index in [1.54, 1.807) is 6.07 Å². The molecule has 1 aromatic carbocycles. The molecule has 0 aliphatic heterocycles. The van der Waals surface area contributed by atoms with E-state index in [-0.39, 0.29) is 11.1 Å². The zero-order valence-electron chi connectivity index (χ0n) is 8.69. The molecule has 84 valence electrons. The maximum Gasteiger partial charge on any atom is 0.270 e. The van der Waals surface area contributed by atoms with Crippen molar-refractivity contribution in [3.05, 3.63) is 42.0 Å². The summed E-state index contributed by atoms with van der Waals surface area (Å²) in [6, 6.07) is 5.69. The van der Waals surface area contributed by atoms with Gasteiger partial charge in [0.15, 0.2) is 0 Å². The number of carbonyl (C=O) groups is 1. The molecule has 0 aromatic heterocycles. The molecule has 0 atom stereocenters. The van der Waals surface area contributed by atoms with Gasteiger partial charge in [-0.2, -0.15) is 5.10 Å². The highest BCUT2D eigenvalue weighted by Gasteiger charge is 2.03. The second-order valence-corrected chi connectivity index (χ2v) is 3.13. The third-order valence-electron chi connectivity index (χ3n) is 1.76. The zero-order valence-corrected chi connectivity index (χ0v) is 8.69. The molecule has 1 aromatic rings. The highest BCUT2D eigenvalue weighted by atomic mass is 16.3. The predicted molar refractivity (Wildman–Crippen MR) is 55.6 cm³/mol. The Morgan fingerprint density at radius 3 is 2.62 bits per heavy atom. The van der Waals surface area contributed by atoms with Crippen LogP contribution in [0.15, 0.2) is 41.5 Å². The van der Waals surface area contributed by atoms with Gasteiger partial charge in [0.1, 0.15) is 0 Å². The van der Waals surface area contributed by atoms with Crippen molar-refractivity contribution >= 4 is 11.8 Å². The third-order valence-corrected chi connectivity index (χ3v) is 1.76. The van der Waals surface area contributed by atoms with Gasteiger partial charge in [-0.25, -0.2) is 5.43 Å². The highest BCUT2D eigenvalue weighted by Crippen LogP contribution is 2.11. The molecule has 0 fully saturated rings. The molecular weight excluding hydrogens is 208 g/mol. The van der Waals surface area contributed by atoms with Crippen molar-refractivity contribution in [2.45, 2.75) is 6.92 Å². The van der Waals surface area contributed by atoms with Gasteiger partial charge in [0, 0.05) is 11.5 Å². The maximum atomic E-state index is 11.4. The van der Waals surface area contributed by atoms with E-state index < -0.39 is 17.6 Å². The molecule has 1 N–H and O–H groups in total. The van der Waals surface area contributed by atoms with Crippen LogP contribution >= 0.6 is 0 Å². The normalized spacial score (nSPS) is 10.9. The summed E-state index contributed by atoms with van der Waals surface area (Å²) in [5, 5.41) is 25.5. The van der Waals surface area contributed by atoms with Gasteiger partial charge in [-0.15, -0.1) is 0 Å². The van der Waals surface area contributed by atoms with Gasteiger partial charge in [-0.05, 0) is 12.5 Å². The number of hydrogen-bond donors (Lipinski definition) is 1. The Morgan fingerprint density at radius 1 is 1.44 bits per heavy atom. The van der Waals surface area contributed by atoms with E-state index in [0.29, 0.717) is 0 Å². The molecular formula is C11H10N2O3-2. The number of amides is 1. The van der Waals surface area contributed by atoms with Gasteiger partial charge in [0.25, 0.3) is 5.91 Å². The van der Waals surface area contributed by atoms with Crippen molar-refractivity contribution in [1.29, 1.82) is 0 Å². The van der Waals surface area contributed by atoms with Gasteiger partial charge in [0.2, 0.25) is 0 Å². The van der Waals surface area contributed by atoms with Gasteiger partial charge < -0.3 is 10.2 Å². The van der Waals surface area contributed by atoms with Gasteiger partial charge in [-0.1, -0.05) is 36.6 Å². The molecule has 1 rings (SSSR count). The van der Waals surface area contributed by atoms with Crippen LogP contribution in [-0.2, 0) is 0 Å². The van der Waals surface area contributed by atoms with Crippen LogP contribution < -0.4 is 15.6 Å². The molecule has 0 aliphatic rings. The first-order valence-electron chi connectivity index (χ1n) is 4.49. The number of nitrogens with zero attached hydrogens (tertiary/aromatic N) is 1. The summed E-state index contributed by atoms with van der Waals surface area (Å²) in [6.07, 6.45) is 0. The SMILES string of the molecule is C=C(C)/C([O-])=N/NC(=O)c1ccccc1[O-]. The fourth-order valence-electron chi connectivity index (χ4n) is 0.911. The first-order valence-corrected chi connectivity index (χ1v) is 4.49.